The minimum Gasteiger partial charge on any atom is -0.384 e. The van der Waals surface area contributed by atoms with Crippen molar-refractivity contribution in [3.05, 3.63) is 0 Å². The molecule has 2 heterocycles. The largest absolute Gasteiger partial charge is 0.384 e. The summed E-state index contributed by atoms with van der Waals surface area (Å²) in [6.45, 7) is 3.00. The second kappa shape index (κ2) is 5.76. The first-order valence-corrected chi connectivity index (χ1v) is 9.93. The van der Waals surface area contributed by atoms with Crippen molar-refractivity contribution in [2.75, 3.05) is 46.2 Å². The molecular weight excluding hydrogens is 304 g/mol. The van der Waals surface area contributed by atoms with Crippen LogP contribution in [-0.2, 0) is 19.6 Å². The number of fused-ring (bicyclic) bond motifs is 1. The molecule has 1 amide bonds. The number of nitrogens with zero attached hydrogens (tertiary/aromatic N) is 2. The minimum atomic E-state index is -3.19. The number of piperidine rings is 1. The number of rotatable bonds is 4. The first-order chi connectivity index (χ1) is 10.4. The summed E-state index contributed by atoms with van der Waals surface area (Å²) in [5.74, 6) is 0.664. The molecule has 0 aromatic heterocycles. The van der Waals surface area contributed by atoms with Gasteiger partial charge in [0.15, 0.2) is 0 Å². The molecule has 2 saturated heterocycles. The highest BCUT2D eigenvalue weighted by molar-refractivity contribution is 7.88. The number of amides is 1. The Kier molecular flexibility index (Phi) is 4.24. The molecule has 0 N–H and O–H groups in total. The lowest BCUT2D eigenvalue weighted by Crippen LogP contribution is -2.52. The van der Waals surface area contributed by atoms with Crippen molar-refractivity contribution >= 4 is 15.9 Å². The maximum absolute atomic E-state index is 12.5. The fourth-order valence-electron chi connectivity index (χ4n) is 4.12. The van der Waals surface area contributed by atoms with Gasteiger partial charge in [-0.05, 0) is 25.2 Å². The van der Waals surface area contributed by atoms with Crippen LogP contribution in [0.25, 0.3) is 0 Å². The third-order valence-electron chi connectivity index (χ3n) is 5.77. The molecule has 3 aliphatic rings. The SMILES string of the molecule is COC[C@@]12CCN(C(=O)C3CCC3)C[C@@H]1CN(S(C)(=O)=O)C2. The Morgan fingerprint density at radius 3 is 2.59 bits per heavy atom. The van der Waals surface area contributed by atoms with Gasteiger partial charge in [0.25, 0.3) is 0 Å². The molecule has 1 aliphatic carbocycles. The number of hydrogen-bond acceptors (Lipinski definition) is 4. The molecule has 7 heteroatoms. The summed E-state index contributed by atoms with van der Waals surface area (Å²) in [4.78, 5) is 14.4. The minimum absolute atomic E-state index is 0.131. The highest BCUT2D eigenvalue weighted by atomic mass is 32.2. The second-order valence-electron chi connectivity index (χ2n) is 7.21. The monoisotopic (exact) mass is 330 g/mol. The van der Waals surface area contributed by atoms with E-state index in [9.17, 15) is 13.2 Å². The van der Waals surface area contributed by atoms with E-state index < -0.39 is 10.0 Å². The van der Waals surface area contributed by atoms with E-state index in [4.69, 9.17) is 4.74 Å². The zero-order valence-electron chi connectivity index (χ0n) is 13.5. The number of hydrogen-bond donors (Lipinski definition) is 0. The Hall–Kier alpha value is -0.660. The molecule has 0 radical (unpaired) electrons. The molecule has 0 unspecified atom stereocenters. The molecule has 2 atom stereocenters. The van der Waals surface area contributed by atoms with Crippen molar-refractivity contribution in [2.45, 2.75) is 25.7 Å². The zero-order valence-corrected chi connectivity index (χ0v) is 14.3. The summed E-state index contributed by atoms with van der Waals surface area (Å²) in [5.41, 5.74) is -0.131. The van der Waals surface area contributed by atoms with E-state index in [0.29, 0.717) is 26.2 Å². The number of ether oxygens (including phenoxy) is 1. The van der Waals surface area contributed by atoms with Gasteiger partial charge in [-0.15, -0.1) is 0 Å². The van der Waals surface area contributed by atoms with E-state index >= 15 is 0 Å². The van der Waals surface area contributed by atoms with E-state index in [2.05, 4.69) is 0 Å². The summed E-state index contributed by atoms with van der Waals surface area (Å²) in [6, 6.07) is 0. The first-order valence-electron chi connectivity index (χ1n) is 8.08. The number of methoxy groups -OCH3 is 1. The fourth-order valence-corrected chi connectivity index (χ4v) is 5.07. The number of likely N-dealkylation sites (tertiary alicyclic amines) is 1. The lowest BCUT2D eigenvalue weighted by molar-refractivity contribution is -0.142. The quantitative estimate of drug-likeness (QED) is 0.755. The van der Waals surface area contributed by atoms with Gasteiger partial charge < -0.3 is 9.64 Å². The smallest absolute Gasteiger partial charge is 0.225 e. The first kappa shape index (κ1) is 16.2. The number of sulfonamides is 1. The standard InChI is InChI=1S/C15H26N2O4S/c1-21-11-15-6-7-16(14(18)12-4-3-5-12)8-13(15)9-17(10-15)22(2,19)20/h12-13H,3-11H2,1-2H3/t13-,15+/m1/s1. The average molecular weight is 330 g/mol. The van der Waals surface area contributed by atoms with Crippen molar-refractivity contribution in [3.8, 4) is 0 Å². The van der Waals surface area contributed by atoms with Gasteiger partial charge in [-0.3, -0.25) is 4.79 Å². The van der Waals surface area contributed by atoms with Crippen molar-refractivity contribution in [3.63, 3.8) is 0 Å². The van der Waals surface area contributed by atoms with Crippen molar-refractivity contribution < 1.29 is 17.9 Å². The molecule has 3 rings (SSSR count). The predicted molar refractivity (Wildman–Crippen MR) is 82.8 cm³/mol. The molecule has 2 aliphatic heterocycles. The molecule has 126 valence electrons. The van der Waals surface area contributed by atoms with Crippen LogP contribution >= 0.6 is 0 Å². The van der Waals surface area contributed by atoms with Gasteiger partial charge in [0.2, 0.25) is 15.9 Å². The molecule has 0 aromatic carbocycles. The molecule has 3 fully saturated rings. The van der Waals surface area contributed by atoms with E-state index in [-0.39, 0.29) is 23.2 Å². The van der Waals surface area contributed by atoms with Gasteiger partial charge >= 0.3 is 0 Å². The van der Waals surface area contributed by atoms with Crippen LogP contribution in [0.5, 0.6) is 0 Å². The Morgan fingerprint density at radius 1 is 1.32 bits per heavy atom. The highest BCUT2D eigenvalue weighted by Crippen LogP contribution is 2.44. The van der Waals surface area contributed by atoms with Crippen LogP contribution in [-0.4, -0.2) is 69.7 Å². The predicted octanol–water partition coefficient (Wildman–Crippen LogP) is 0.543. The Balaban J connectivity index is 1.74. The van der Waals surface area contributed by atoms with Gasteiger partial charge in [-0.1, -0.05) is 6.42 Å². The topological polar surface area (TPSA) is 66.9 Å². The van der Waals surface area contributed by atoms with Crippen LogP contribution in [0.2, 0.25) is 0 Å². The van der Waals surface area contributed by atoms with Gasteiger partial charge in [0, 0.05) is 44.6 Å². The van der Waals surface area contributed by atoms with Crippen LogP contribution < -0.4 is 0 Å². The van der Waals surface area contributed by atoms with E-state index in [1.807, 2.05) is 4.90 Å². The van der Waals surface area contributed by atoms with Crippen molar-refractivity contribution in [2.24, 2.45) is 17.3 Å². The molecular formula is C15H26N2O4S. The maximum Gasteiger partial charge on any atom is 0.225 e. The van der Waals surface area contributed by atoms with E-state index in [1.165, 1.54) is 6.26 Å². The summed E-state index contributed by atoms with van der Waals surface area (Å²) in [5, 5.41) is 0. The molecule has 22 heavy (non-hydrogen) atoms. The van der Waals surface area contributed by atoms with Crippen LogP contribution in [0.3, 0.4) is 0 Å². The van der Waals surface area contributed by atoms with Gasteiger partial charge in [-0.25, -0.2) is 12.7 Å². The molecule has 0 bridgehead atoms. The Labute approximate surface area is 132 Å². The normalized spacial score (nSPS) is 33.5. The van der Waals surface area contributed by atoms with Crippen LogP contribution in [0.15, 0.2) is 0 Å². The van der Waals surface area contributed by atoms with Crippen LogP contribution in [0.4, 0.5) is 0 Å². The molecule has 6 nitrogen and oxygen atoms in total. The zero-order chi connectivity index (χ0) is 16.0. The number of carbonyl (C=O) groups is 1. The van der Waals surface area contributed by atoms with E-state index in [1.54, 1.807) is 11.4 Å². The Bertz CT molecular complexity index is 546. The average Bonchev–Trinajstić information content (AvgIpc) is 2.75. The highest BCUT2D eigenvalue weighted by Gasteiger charge is 2.52. The van der Waals surface area contributed by atoms with Gasteiger partial charge in [-0.2, -0.15) is 0 Å². The second-order valence-corrected chi connectivity index (χ2v) is 9.19. The summed E-state index contributed by atoms with van der Waals surface area (Å²) in [7, 11) is -1.52. The van der Waals surface area contributed by atoms with Crippen molar-refractivity contribution in [1.29, 1.82) is 0 Å². The summed E-state index contributed by atoms with van der Waals surface area (Å²) in [6.07, 6.45) is 5.28. The summed E-state index contributed by atoms with van der Waals surface area (Å²) < 4.78 is 30.8. The van der Waals surface area contributed by atoms with Crippen molar-refractivity contribution in [1.82, 2.24) is 9.21 Å². The van der Waals surface area contributed by atoms with Crippen LogP contribution in [0, 0.1) is 17.3 Å². The third-order valence-corrected chi connectivity index (χ3v) is 6.98. The fraction of sp³-hybridized carbons (Fsp3) is 0.933. The Morgan fingerprint density at radius 2 is 2.05 bits per heavy atom. The lowest BCUT2D eigenvalue weighted by Gasteiger charge is -2.44. The van der Waals surface area contributed by atoms with Gasteiger partial charge in [0.05, 0.1) is 12.9 Å². The van der Waals surface area contributed by atoms with Gasteiger partial charge in [0.1, 0.15) is 0 Å². The molecule has 0 spiro atoms. The molecule has 0 aromatic rings. The number of carbonyl (C=O) groups excluding carboxylic acids is 1. The third kappa shape index (κ3) is 2.78. The van der Waals surface area contributed by atoms with Crippen LogP contribution in [0.1, 0.15) is 25.7 Å². The summed E-state index contributed by atoms with van der Waals surface area (Å²) >= 11 is 0. The lowest BCUT2D eigenvalue weighted by atomic mass is 9.72. The van der Waals surface area contributed by atoms with E-state index in [0.717, 1.165) is 32.2 Å². The maximum atomic E-state index is 12.5. The molecule has 1 saturated carbocycles.